The number of carboxylic acids is 1. The Balaban J connectivity index is 2.55. The first-order chi connectivity index (χ1) is 8.50. The molecule has 2 rings (SSSR count). The molecule has 0 aromatic carbocycles. The SMILES string of the molecule is O=C([O-])Cn1c(=O)c(F)cn([C@H]2CCCO2)c1=O. The van der Waals surface area contributed by atoms with Crippen molar-refractivity contribution in [3.05, 3.63) is 32.9 Å². The van der Waals surface area contributed by atoms with E-state index < -0.39 is 35.8 Å². The monoisotopic (exact) mass is 257 g/mol. The fraction of sp³-hybridized carbons (Fsp3) is 0.500. The standard InChI is InChI=1S/C10H11FN2O5/c11-6-4-12(7-2-1-3-18-7)10(17)13(9(6)16)5-8(14)15/h4,7H,1-3,5H2,(H,14,15)/p-1/t7-/m1/s1. The van der Waals surface area contributed by atoms with Gasteiger partial charge in [-0.2, -0.15) is 4.39 Å². The lowest BCUT2D eigenvalue weighted by atomic mass is 10.3. The Morgan fingerprint density at radius 2 is 2.28 bits per heavy atom. The number of carbonyl (C=O) groups excluding carboxylic acids is 1. The van der Waals surface area contributed by atoms with E-state index in [1.807, 2.05) is 0 Å². The fourth-order valence-electron chi connectivity index (χ4n) is 1.84. The van der Waals surface area contributed by atoms with Gasteiger partial charge in [0.25, 0.3) is 5.56 Å². The third kappa shape index (κ3) is 2.19. The highest BCUT2D eigenvalue weighted by atomic mass is 19.1. The van der Waals surface area contributed by atoms with E-state index in [9.17, 15) is 23.9 Å². The average molecular weight is 257 g/mol. The van der Waals surface area contributed by atoms with Crippen LogP contribution in [0.5, 0.6) is 0 Å². The molecule has 2 heterocycles. The van der Waals surface area contributed by atoms with E-state index in [-0.39, 0.29) is 4.57 Å². The highest BCUT2D eigenvalue weighted by Gasteiger charge is 2.21. The number of hydrogen-bond donors (Lipinski definition) is 0. The number of ether oxygens (including phenoxy) is 1. The zero-order valence-electron chi connectivity index (χ0n) is 9.30. The smallest absolute Gasteiger partial charge is 0.333 e. The Morgan fingerprint density at radius 1 is 1.56 bits per heavy atom. The Bertz CT molecular complexity index is 585. The maximum atomic E-state index is 13.4. The van der Waals surface area contributed by atoms with E-state index in [1.54, 1.807) is 0 Å². The highest BCUT2D eigenvalue weighted by Crippen LogP contribution is 2.20. The number of nitrogens with zero attached hydrogens (tertiary/aromatic N) is 2. The quantitative estimate of drug-likeness (QED) is 0.637. The maximum Gasteiger partial charge on any atom is 0.333 e. The van der Waals surface area contributed by atoms with Crippen molar-refractivity contribution in [2.45, 2.75) is 25.6 Å². The van der Waals surface area contributed by atoms with Crippen molar-refractivity contribution in [2.24, 2.45) is 0 Å². The second-order valence-electron chi connectivity index (χ2n) is 3.90. The van der Waals surface area contributed by atoms with Gasteiger partial charge in [0.15, 0.2) is 0 Å². The Labute approximate surface area is 100 Å². The molecule has 1 atom stereocenters. The number of aromatic nitrogens is 2. The van der Waals surface area contributed by atoms with Crippen LogP contribution in [-0.4, -0.2) is 21.7 Å². The van der Waals surface area contributed by atoms with Gasteiger partial charge < -0.3 is 14.6 Å². The van der Waals surface area contributed by atoms with Crippen LogP contribution in [0.15, 0.2) is 15.8 Å². The zero-order chi connectivity index (χ0) is 13.3. The van der Waals surface area contributed by atoms with Crippen molar-refractivity contribution in [1.29, 1.82) is 0 Å². The summed E-state index contributed by atoms with van der Waals surface area (Å²) in [5, 5.41) is 10.4. The van der Waals surface area contributed by atoms with Crippen LogP contribution in [0.3, 0.4) is 0 Å². The molecule has 18 heavy (non-hydrogen) atoms. The van der Waals surface area contributed by atoms with Gasteiger partial charge in [-0.1, -0.05) is 0 Å². The van der Waals surface area contributed by atoms with Crippen LogP contribution in [0.25, 0.3) is 0 Å². The minimum absolute atomic E-state index is 0.284. The van der Waals surface area contributed by atoms with Crippen LogP contribution in [0.2, 0.25) is 0 Å². The van der Waals surface area contributed by atoms with Crippen LogP contribution in [-0.2, 0) is 16.1 Å². The summed E-state index contributed by atoms with van der Waals surface area (Å²) >= 11 is 0. The Kier molecular flexibility index (Phi) is 3.28. The van der Waals surface area contributed by atoms with Gasteiger partial charge in [0, 0.05) is 6.61 Å². The molecule has 0 N–H and O–H groups in total. The minimum atomic E-state index is -1.64. The topological polar surface area (TPSA) is 93.4 Å². The van der Waals surface area contributed by atoms with E-state index in [0.29, 0.717) is 19.4 Å². The minimum Gasteiger partial charge on any atom is -0.548 e. The summed E-state index contributed by atoms with van der Waals surface area (Å²) in [5.41, 5.74) is -2.20. The predicted molar refractivity (Wildman–Crippen MR) is 54.2 cm³/mol. The van der Waals surface area contributed by atoms with Crippen LogP contribution >= 0.6 is 0 Å². The number of carboxylic acid groups (broad SMARTS) is 1. The Hall–Kier alpha value is -1.96. The van der Waals surface area contributed by atoms with Crippen molar-refractivity contribution in [2.75, 3.05) is 6.61 Å². The second-order valence-corrected chi connectivity index (χ2v) is 3.90. The lowest BCUT2D eigenvalue weighted by Crippen LogP contribution is -2.46. The summed E-state index contributed by atoms with van der Waals surface area (Å²) < 4.78 is 19.7. The van der Waals surface area contributed by atoms with Gasteiger partial charge in [-0.05, 0) is 12.8 Å². The predicted octanol–water partition coefficient (Wildman–Crippen LogP) is -1.79. The summed E-state index contributed by atoms with van der Waals surface area (Å²) in [6.45, 7) is -0.555. The molecule has 0 radical (unpaired) electrons. The summed E-state index contributed by atoms with van der Waals surface area (Å²) in [4.78, 5) is 33.6. The summed E-state index contributed by atoms with van der Waals surface area (Å²) in [6.07, 6.45) is 1.29. The van der Waals surface area contributed by atoms with Crippen molar-refractivity contribution in [3.8, 4) is 0 Å². The molecular formula is C10H10FN2O5-. The van der Waals surface area contributed by atoms with Gasteiger partial charge in [0.05, 0.1) is 18.7 Å². The van der Waals surface area contributed by atoms with Gasteiger partial charge >= 0.3 is 5.69 Å². The molecule has 1 saturated heterocycles. The van der Waals surface area contributed by atoms with E-state index >= 15 is 0 Å². The van der Waals surface area contributed by atoms with E-state index in [1.165, 1.54) is 0 Å². The molecule has 1 fully saturated rings. The number of rotatable bonds is 3. The van der Waals surface area contributed by atoms with Crippen molar-refractivity contribution in [1.82, 2.24) is 9.13 Å². The number of aliphatic carboxylic acids is 1. The van der Waals surface area contributed by atoms with E-state index in [2.05, 4.69) is 0 Å². The number of hydrogen-bond acceptors (Lipinski definition) is 5. The lowest BCUT2D eigenvalue weighted by Gasteiger charge is -2.15. The van der Waals surface area contributed by atoms with Crippen molar-refractivity contribution < 1.29 is 19.0 Å². The zero-order valence-corrected chi connectivity index (χ0v) is 9.30. The molecule has 0 aliphatic carbocycles. The van der Waals surface area contributed by atoms with Gasteiger partial charge in [-0.25, -0.2) is 4.79 Å². The molecule has 98 valence electrons. The van der Waals surface area contributed by atoms with Crippen LogP contribution < -0.4 is 16.4 Å². The van der Waals surface area contributed by atoms with Crippen molar-refractivity contribution >= 4 is 5.97 Å². The third-order valence-corrected chi connectivity index (χ3v) is 2.66. The first-order valence-corrected chi connectivity index (χ1v) is 5.33. The molecule has 0 spiro atoms. The lowest BCUT2D eigenvalue weighted by molar-refractivity contribution is -0.306. The maximum absolute atomic E-state index is 13.4. The molecule has 8 heteroatoms. The van der Waals surface area contributed by atoms with Crippen LogP contribution in [0.1, 0.15) is 19.1 Å². The van der Waals surface area contributed by atoms with Gasteiger partial charge in [-0.15, -0.1) is 0 Å². The highest BCUT2D eigenvalue weighted by molar-refractivity contribution is 5.63. The normalized spacial score (nSPS) is 19.1. The summed E-state index contributed by atoms with van der Waals surface area (Å²) in [6, 6.07) is 0. The van der Waals surface area contributed by atoms with Crippen LogP contribution in [0.4, 0.5) is 4.39 Å². The summed E-state index contributed by atoms with van der Waals surface area (Å²) in [5.74, 6) is -2.84. The molecule has 7 nitrogen and oxygen atoms in total. The van der Waals surface area contributed by atoms with Crippen molar-refractivity contribution in [3.63, 3.8) is 0 Å². The largest absolute Gasteiger partial charge is 0.548 e. The molecule has 1 aromatic heterocycles. The first-order valence-electron chi connectivity index (χ1n) is 5.33. The van der Waals surface area contributed by atoms with Gasteiger partial charge in [0.1, 0.15) is 6.23 Å². The molecule has 0 saturated carbocycles. The fourth-order valence-corrected chi connectivity index (χ4v) is 1.84. The molecule has 1 aliphatic rings. The first kappa shape index (κ1) is 12.5. The third-order valence-electron chi connectivity index (χ3n) is 2.66. The molecule has 0 unspecified atom stereocenters. The van der Waals surface area contributed by atoms with E-state index in [0.717, 1.165) is 10.8 Å². The summed E-state index contributed by atoms with van der Waals surface area (Å²) in [7, 11) is 0. The molecule has 1 aliphatic heterocycles. The number of carbonyl (C=O) groups is 1. The second kappa shape index (κ2) is 4.73. The average Bonchev–Trinajstić information content (AvgIpc) is 2.82. The van der Waals surface area contributed by atoms with Gasteiger partial charge in [-0.3, -0.25) is 13.9 Å². The molecular weight excluding hydrogens is 247 g/mol. The molecule has 0 bridgehead atoms. The Morgan fingerprint density at radius 3 is 2.83 bits per heavy atom. The van der Waals surface area contributed by atoms with Crippen LogP contribution in [0, 0.1) is 5.82 Å². The number of halogens is 1. The van der Waals surface area contributed by atoms with Gasteiger partial charge in [0.2, 0.25) is 5.82 Å². The molecule has 0 amide bonds. The van der Waals surface area contributed by atoms with E-state index in [4.69, 9.17) is 4.74 Å². The molecule has 1 aromatic rings.